The van der Waals surface area contributed by atoms with Gasteiger partial charge in [-0.1, -0.05) is 24.3 Å². The highest BCUT2D eigenvalue weighted by atomic mass is 16.7. The van der Waals surface area contributed by atoms with E-state index in [2.05, 4.69) is 19.1 Å². The van der Waals surface area contributed by atoms with Crippen LogP contribution in [0.5, 0.6) is 0 Å². The van der Waals surface area contributed by atoms with Gasteiger partial charge in [-0.25, -0.2) is 0 Å². The van der Waals surface area contributed by atoms with E-state index in [9.17, 15) is 0 Å². The molecule has 1 aromatic carbocycles. The van der Waals surface area contributed by atoms with Gasteiger partial charge in [-0.05, 0) is 51.8 Å². The smallest absolute Gasteiger partial charge is 0.472 e. The van der Waals surface area contributed by atoms with Crippen molar-refractivity contribution in [3.8, 4) is 11.1 Å². The molecule has 1 aromatic heterocycles. The van der Waals surface area contributed by atoms with Crippen molar-refractivity contribution in [1.82, 2.24) is 0 Å². The number of benzene rings is 1. The molecule has 0 spiro atoms. The van der Waals surface area contributed by atoms with Gasteiger partial charge in [0.1, 0.15) is 5.66 Å². The van der Waals surface area contributed by atoms with E-state index in [1.165, 1.54) is 11.1 Å². The van der Waals surface area contributed by atoms with Crippen molar-refractivity contribution in [2.45, 2.75) is 45.8 Å². The topological polar surface area (TPSA) is 31.6 Å². The van der Waals surface area contributed by atoms with Crippen LogP contribution in [-0.2, 0) is 9.31 Å². The van der Waals surface area contributed by atoms with Gasteiger partial charge < -0.3 is 13.7 Å². The molecule has 1 saturated heterocycles. The van der Waals surface area contributed by atoms with E-state index in [-0.39, 0.29) is 11.2 Å². The summed E-state index contributed by atoms with van der Waals surface area (Å²) in [6.45, 7) is 10.3. The summed E-state index contributed by atoms with van der Waals surface area (Å²) in [4.78, 5) is 0. The first kappa shape index (κ1) is 14.4. The van der Waals surface area contributed by atoms with Crippen molar-refractivity contribution in [2.24, 2.45) is 0 Å². The summed E-state index contributed by atoms with van der Waals surface area (Å²) in [6, 6.07) is 10.3. The Hall–Kier alpha value is -1.52. The van der Waals surface area contributed by atoms with Crippen molar-refractivity contribution < 1.29 is 13.7 Å². The number of hydrogen-bond acceptors (Lipinski definition) is 3. The molecule has 0 unspecified atom stereocenters. The lowest BCUT2D eigenvalue weighted by Gasteiger charge is -2.32. The Morgan fingerprint density at radius 2 is 1.57 bits per heavy atom. The van der Waals surface area contributed by atoms with Crippen LogP contribution in [0, 0.1) is 6.92 Å². The van der Waals surface area contributed by atoms with Crippen LogP contribution >= 0.6 is 0 Å². The first-order valence-electron chi connectivity index (χ1n) is 7.30. The Morgan fingerprint density at radius 1 is 0.952 bits per heavy atom. The average Bonchev–Trinajstić information content (AvgIpc) is 2.94. The lowest BCUT2D eigenvalue weighted by Crippen LogP contribution is -2.41. The normalized spacial score (nSPS) is 20.0. The molecule has 1 aliphatic heterocycles. The van der Waals surface area contributed by atoms with Gasteiger partial charge in [0.15, 0.2) is 0 Å². The zero-order valence-electron chi connectivity index (χ0n) is 13.3. The van der Waals surface area contributed by atoms with Crippen molar-refractivity contribution in [3.05, 3.63) is 42.2 Å². The Morgan fingerprint density at radius 3 is 2.19 bits per heavy atom. The molecule has 1 aliphatic rings. The summed E-state index contributed by atoms with van der Waals surface area (Å²) in [6.07, 6.45) is 1.77. The number of hydrogen-bond donors (Lipinski definition) is 0. The van der Waals surface area contributed by atoms with Crippen molar-refractivity contribution in [1.29, 1.82) is 0 Å². The van der Waals surface area contributed by atoms with Crippen LogP contribution in [0.4, 0.5) is 0 Å². The fraction of sp³-hybridized carbons (Fsp3) is 0.412. The molecule has 0 N–H and O–H groups in total. The zero-order chi connectivity index (χ0) is 15.3. The van der Waals surface area contributed by atoms with Gasteiger partial charge in [0.25, 0.3) is 0 Å². The Labute approximate surface area is 126 Å². The molecule has 4 heteroatoms. The van der Waals surface area contributed by atoms with Gasteiger partial charge in [-0.15, -0.1) is 0 Å². The quantitative estimate of drug-likeness (QED) is 0.790. The van der Waals surface area contributed by atoms with E-state index >= 15 is 0 Å². The molecule has 1 fully saturated rings. The van der Waals surface area contributed by atoms with Gasteiger partial charge in [0, 0.05) is 5.56 Å². The Balaban J connectivity index is 1.89. The van der Waals surface area contributed by atoms with E-state index in [4.69, 9.17) is 13.7 Å². The second kappa shape index (κ2) is 4.75. The third-order valence-corrected chi connectivity index (χ3v) is 4.56. The minimum Gasteiger partial charge on any atom is -0.472 e. The molecule has 0 radical (unpaired) electrons. The average molecular weight is 284 g/mol. The van der Waals surface area contributed by atoms with E-state index in [1.807, 2.05) is 45.9 Å². The summed E-state index contributed by atoms with van der Waals surface area (Å²) < 4.78 is 17.7. The molecule has 2 aromatic rings. The molecule has 21 heavy (non-hydrogen) atoms. The van der Waals surface area contributed by atoms with E-state index in [1.54, 1.807) is 6.26 Å². The predicted octanol–water partition coefficient (Wildman–Crippen LogP) is 3.55. The highest BCUT2D eigenvalue weighted by Gasteiger charge is 2.53. The number of rotatable bonds is 2. The Bertz CT molecular complexity index is 642. The molecular weight excluding hydrogens is 263 g/mol. The molecule has 0 amide bonds. The maximum atomic E-state index is 6.01. The summed E-state index contributed by atoms with van der Waals surface area (Å²) in [5.74, 6) is 0. The van der Waals surface area contributed by atoms with Crippen LogP contribution in [0.2, 0.25) is 0 Å². The van der Waals surface area contributed by atoms with E-state index in [0.29, 0.717) is 5.66 Å². The van der Waals surface area contributed by atoms with Gasteiger partial charge in [-0.3, -0.25) is 0 Å². The lowest BCUT2D eigenvalue weighted by atomic mass is 9.85. The summed E-state index contributed by atoms with van der Waals surface area (Å²) in [5.41, 5.74) is 3.45. The standard InChI is InChI=1S/C17H21BO3/c1-12-8-6-7-9-14(12)13-10-15(19-11-13)18-20-16(2,3)17(4,5)21-18/h6-11H,1-5H3. The van der Waals surface area contributed by atoms with E-state index in [0.717, 1.165) is 5.56 Å². The predicted molar refractivity (Wildman–Crippen MR) is 84.6 cm³/mol. The van der Waals surface area contributed by atoms with Gasteiger partial charge in [-0.2, -0.15) is 0 Å². The van der Waals surface area contributed by atoms with Crippen molar-refractivity contribution in [3.63, 3.8) is 0 Å². The second-order valence-corrected chi connectivity index (χ2v) is 6.64. The molecule has 110 valence electrons. The highest BCUT2D eigenvalue weighted by Crippen LogP contribution is 2.36. The zero-order valence-corrected chi connectivity index (χ0v) is 13.3. The van der Waals surface area contributed by atoms with Gasteiger partial charge in [0.05, 0.1) is 17.5 Å². The molecule has 0 bridgehead atoms. The monoisotopic (exact) mass is 284 g/mol. The third-order valence-electron chi connectivity index (χ3n) is 4.56. The van der Waals surface area contributed by atoms with Crippen LogP contribution in [0.15, 0.2) is 41.0 Å². The first-order valence-corrected chi connectivity index (χ1v) is 7.30. The fourth-order valence-corrected chi connectivity index (χ4v) is 2.47. The molecule has 0 saturated carbocycles. The van der Waals surface area contributed by atoms with Crippen LogP contribution in [0.25, 0.3) is 11.1 Å². The van der Waals surface area contributed by atoms with Crippen LogP contribution in [0.3, 0.4) is 0 Å². The van der Waals surface area contributed by atoms with E-state index < -0.39 is 7.12 Å². The minimum absolute atomic E-state index is 0.354. The largest absolute Gasteiger partial charge is 0.532 e. The molecule has 0 atom stereocenters. The summed E-state index contributed by atoms with van der Waals surface area (Å²) in [5, 5.41) is 0. The van der Waals surface area contributed by atoms with Crippen molar-refractivity contribution in [2.75, 3.05) is 0 Å². The molecule has 3 rings (SSSR count). The summed E-state index contributed by atoms with van der Waals surface area (Å²) >= 11 is 0. The molecular formula is C17H21BO3. The number of aryl methyl sites for hydroxylation is 1. The maximum Gasteiger partial charge on any atom is 0.532 e. The molecule has 3 nitrogen and oxygen atoms in total. The van der Waals surface area contributed by atoms with Crippen LogP contribution < -0.4 is 5.66 Å². The number of furan rings is 1. The Kier molecular flexibility index (Phi) is 3.26. The van der Waals surface area contributed by atoms with Crippen LogP contribution in [-0.4, -0.2) is 18.3 Å². The summed E-state index contributed by atoms with van der Waals surface area (Å²) in [7, 11) is -0.451. The molecule has 0 aliphatic carbocycles. The molecule has 2 heterocycles. The first-order chi connectivity index (χ1) is 9.80. The lowest BCUT2D eigenvalue weighted by molar-refractivity contribution is 0.00578. The second-order valence-electron chi connectivity index (χ2n) is 6.64. The fourth-order valence-electron chi connectivity index (χ4n) is 2.47. The highest BCUT2D eigenvalue weighted by molar-refractivity contribution is 6.60. The SMILES string of the molecule is Cc1ccccc1-c1coc(B2OC(C)(C)C(C)(C)O2)c1. The maximum absolute atomic E-state index is 6.01. The van der Waals surface area contributed by atoms with Crippen LogP contribution in [0.1, 0.15) is 33.3 Å². The van der Waals surface area contributed by atoms with Gasteiger partial charge in [0.2, 0.25) is 0 Å². The third kappa shape index (κ3) is 2.43. The van der Waals surface area contributed by atoms with Crippen molar-refractivity contribution >= 4 is 12.8 Å². The minimum atomic E-state index is -0.451. The van der Waals surface area contributed by atoms with Gasteiger partial charge >= 0.3 is 7.12 Å².